The molecule has 0 spiro atoms. The molecule has 1 saturated carbocycles. The summed E-state index contributed by atoms with van der Waals surface area (Å²) in [7, 11) is 0. The van der Waals surface area contributed by atoms with Crippen molar-refractivity contribution in [2.45, 2.75) is 12.8 Å². The van der Waals surface area contributed by atoms with E-state index in [2.05, 4.69) is 10.3 Å². The number of ether oxygens (including phenoxy) is 1. The van der Waals surface area contributed by atoms with Crippen LogP contribution in [-0.2, 0) is 4.74 Å². The molecule has 0 unspecified atom stereocenters. The lowest BCUT2D eigenvalue weighted by atomic mass is 10.2. The molecule has 1 heterocycles. The van der Waals surface area contributed by atoms with Gasteiger partial charge in [-0.15, -0.1) is 0 Å². The van der Waals surface area contributed by atoms with Gasteiger partial charge in [-0.2, -0.15) is 0 Å². The SMILES string of the molecule is O=C(O)c1ccnc(NCCOCC2CC2)c1. The van der Waals surface area contributed by atoms with Crippen LogP contribution in [0.3, 0.4) is 0 Å². The molecule has 0 bridgehead atoms. The zero-order valence-corrected chi connectivity index (χ0v) is 9.56. The van der Waals surface area contributed by atoms with E-state index in [1.54, 1.807) is 0 Å². The van der Waals surface area contributed by atoms with Crippen molar-refractivity contribution < 1.29 is 14.6 Å². The van der Waals surface area contributed by atoms with Crippen molar-refractivity contribution >= 4 is 11.8 Å². The smallest absolute Gasteiger partial charge is 0.335 e. The largest absolute Gasteiger partial charge is 0.478 e. The Bertz CT molecular complexity index is 391. The second kappa shape index (κ2) is 5.63. The summed E-state index contributed by atoms with van der Waals surface area (Å²) in [5.74, 6) is 0.392. The Balaban J connectivity index is 1.70. The molecule has 0 saturated heterocycles. The van der Waals surface area contributed by atoms with Crippen molar-refractivity contribution in [3.8, 4) is 0 Å². The number of aromatic nitrogens is 1. The molecule has 0 radical (unpaired) electrons. The number of nitrogens with zero attached hydrogens (tertiary/aromatic N) is 1. The molecule has 5 heteroatoms. The third-order valence-electron chi connectivity index (χ3n) is 2.61. The van der Waals surface area contributed by atoms with Gasteiger partial charge in [0, 0.05) is 19.3 Å². The van der Waals surface area contributed by atoms with Gasteiger partial charge in [0.25, 0.3) is 0 Å². The molecule has 0 aliphatic heterocycles. The minimum Gasteiger partial charge on any atom is -0.478 e. The van der Waals surface area contributed by atoms with Gasteiger partial charge in [-0.25, -0.2) is 9.78 Å². The maximum atomic E-state index is 10.7. The predicted octanol–water partition coefficient (Wildman–Crippen LogP) is 1.62. The van der Waals surface area contributed by atoms with E-state index in [4.69, 9.17) is 9.84 Å². The minimum atomic E-state index is -0.944. The van der Waals surface area contributed by atoms with E-state index in [1.165, 1.54) is 31.2 Å². The summed E-state index contributed by atoms with van der Waals surface area (Å²) in [6.07, 6.45) is 4.06. The molecule has 0 atom stereocenters. The van der Waals surface area contributed by atoms with Crippen molar-refractivity contribution in [3.05, 3.63) is 23.9 Å². The van der Waals surface area contributed by atoms with Crippen LogP contribution in [0, 0.1) is 5.92 Å². The van der Waals surface area contributed by atoms with Crippen LogP contribution < -0.4 is 5.32 Å². The van der Waals surface area contributed by atoms with Crippen LogP contribution >= 0.6 is 0 Å². The molecule has 17 heavy (non-hydrogen) atoms. The van der Waals surface area contributed by atoms with Gasteiger partial charge < -0.3 is 15.2 Å². The first kappa shape index (κ1) is 11.9. The molecular weight excluding hydrogens is 220 g/mol. The second-order valence-corrected chi connectivity index (χ2v) is 4.18. The molecular formula is C12H16N2O3. The number of carboxylic acid groups (broad SMARTS) is 1. The first-order valence-electron chi connectivity index (χ1n) is 5.76. The highest BCUT2D eigenvalue weighted by Gasteiger charge is 2.20. The number of aromatic carboxylic acids is 1. The summed E-state index contributed by atoms with van der Waals surface area (Å²) in [5.41, 5.74) is 0.237. The fourth-order valence-electron chi connectivity index (χ4n) is 1.45. The maximum absolute atomic E-state index is 10.7. The standard InChI is InChI=1S/C12H16N2O3/c15-12(16)10-3-4-13-11(7-10)14-5-6-17-8-9-1-2-9/h3-4,7,9H,1-2,5-6,8H2,(H,13,14)(H,15,16). The van der Waals surface area contributed by atoms with Crippen LogP contribution in [0.1, 0.15) is 23.2 Å². The number of rotatable bonds is 7. The van der Waals surface area contributed by atoms with E-state index in [9.17, 15) is 4.79 Å². The lowest BCUT2D eigenvalue weighted by Crippen LogP contribution is -2.12. The summed E-state index contributed by atoms with van der Waals surface area (Å²) in [4.78, 5) is 14.8. The zero-order valence-electron chi connectivity index (χ0n) is 9.56. The quantitative estimate of drug-likeness (QED) is 0.704. The molecule has 0 amide bonds. The fraction of sp³-hybridized carbons (Fsp3) is 0.500. The average Bonchev–Trinajstić information content (AvgIpc) is 3.13. The summed E-state index contributed by atoms with van der Waals surface area (Å²) < 4.78 is 5.45. The van der Waals surface area contributed by atoms with Crippen molar-refractivity contribution in [2.24, 2.45) is 5.92 Å². The topological polar surface area (TPSA) is 71.5 Å². The molecule has 92 valence electrons. The summed E-state index contributed by atoms with van der Waals surface area (Å²) in [5, 5.41) is 11.8. The summed E-state index contributed by atoms with van der Waals surface area (Å²) in [6, 6.07) is 2.99. The average molecular weight is 236 g/mol. The molecule has 0 aromatic carbocycles. The molecule has 1 aliphatic rings. The third-order valence-corrected chi connectivity index (χ3v) is 2.61. The summed E-state index contributed by atoms with van der Waals surface area (Å²) >= 11 is 0. The predicted molar refractivity (Wildman–Crippen MR) is 63.2 cm³/mol. The van der Waals surface area contributed by atoms with Crippen LogP contribution in [-0.4, -0.2) is 35.8 Å². The first-order chi connectivity index (χ1) is 8.25. The van der Waals surface area contributed by atoms with E-state index < -0.39 is 5.97 Å². The highest BCUT2D eigenvalue weighted by Crippen LogP contribution is 2.28. The fourth-order valence-corrected chi connectivity index (χ4v) is 1.45. The molecule has 1 aromatic heterocycles. The van der Waals surface area contributed by atoms with Gasteiger partial charge in [0.05, 0.1) is 12.2 Å². The van der Waals surface area contributed by atoms with Gasteiger partial charge in [0.1, 0.15) is 5.82 Å². The molecule has 5 nitrogen and oxygen atoms in total. The van der Waals surface area contributed by atoms with E-state index >= 15 is 0 Å². The first-order valence-corrected chi connectivity index (χ1v) is 5.76. The van der Waals surface area contributed by atoms with Crippen molar-refractivity contribution in [1.82, 2.24) is 4.98 Å². The molecule has 1 aromatic rings. The zero-order chi connectivity index (χ0) is 12.1. The van der Waals surface area contributed by atoms with E-state index in [-0.39, 0.29) is 5.56 Å². The Hall–Kier alpha value is -1.62. The third kappa shape index (κ3) is 4.03. The van der Waals surface area contributed by atoms with Gasteiger partial charge in [0.2, 0.25) is 0 Å². The molecule has 2 rings (SSSR count). The van der Waals surface area contributed by atoms with Crippen molar-refractivity contribution in [1.29, 1.82) is 0 Å². The lowest BCUT2D eigenvalue weighted by molar-refractivity contribution is 0.0697. The van der Waals surface area contributed by atoms with Gasteiger partial charge in [-0.05, 0) is 30.9 Å². The van der Waals surface area contributed by atoms with Crippen LogP contribution in [0.4, 0.5) is 5.82 Å². The Morgan fingerprint density at radius 2 is 2.41 bits per heavy atom. The van der Waals surface area contributed by atoms with E-state index in [1.807, 2.05) is 0 Å². The number of hydrogen-bond acceptors (Lipinski definition) is 4. The second-order valence-electron chi connectivity index (χ2n) is 4.18. The van der Waals surface area contributed by atoms with Gasteiger partial charge in [-0.1, -0.05) is 0 Å². The number of nitrogens with one attached hydrogen (secondary N) is 1. The Kier molecular flexibility index (Phi) is 3.93. The van der Waals surface area contributed by atoms with Crippen LogP contribution in [0.2, 0.25) is 0 Å². The highest BCUT2D eigenvalue weighted by atomic mass is 16.5. The monoisotopic (exact) mass is 236 g/mol. The van der Waals surface area contributed by atoms with E-state index in [0.29, 0.717) is 19.0 Å². The highest BCUT2D eigenvalue weighted by molar-refractivity contribution is 5.88. The molecule has 1 fully saturated rings. The van der Waals surface area contributed by atoms with E-state index in [0.717, 1.165) is 12.5 Å². The molecule has 2 N–H and O–H groups in total. The minimum absolute atomic E-state index is 0.237. The maximum Gasteiger partial charge on any atom is 0.335 e. The number of anilines is 1. The number of pyridine rings is 1. The normalized spacial score (nSPS) is 14.6. The van der Waals surface area contributed by atoms with Gasteiger partial charge in [-0.3, -0.25) is 0 Å². The van der Waals surface area contributed by atoms with Crippen LogP contribution in [0.25, 0.3) is 0 Å². The van der Waals surface area contributed by atoms with Crippen LogP contribution in [0.15, 0.2) is 18.3 Å². The van der Waals surface area contributed by atoms with Crippen molar-refractivity contribution in [3.63, 3.8) is 0 Å². The van der Waals surface area contributed by atoms with Crippen molar-refractivity contribution in [2.75, 3.05) is 25.1 Å². The Labute approximate surface area is 99.8 Å². The number of hydrogen-bond donors (Lipinski definition) is 2. The van der Waals surface area contributed by atoms with Gasteiger partial charge >= 0.3 is 5.97 Å². The number of carbonyl (C=O) groups is 1. The lowest BCUT2D eigenvalue weighted by Gasteiger charge is -2.06. The van der Waals surface area contributed by atoms with Gasteiger partial charge in [0.15, 0.2) is 0 Å². The van der Waals surface area contributed by atoms with Crippen LogP contribution in [0.5, 0.6) is 0 Å². The number of carboxylic acids is 1. The molecule has 1 aliphatic carbocycles. The summed E-state index contributed by atoms with van der Waals surface area (Å²) in [6.45, 7) is 2.10. The Morgan fingerprint density at radius 3 is 3.12 bits per heavy atom. The Morgan fingerprint density at radius 1 is 1.59 bits per heavy atom.